The zero-order valence-corrected chi connectivity index (χ0v) is 8.74. The lowest BCUT2D eigenvalue weighted by Gasteiger charge is -1.95. The van der Waals surface area contributed by atoms with Crippen LogP contribution >= 0.6 is 23.1 Å². The summed E-state index contributed by atoms with van der Waals surface area (Å²) in [5, 5.41) is 0.689. The number of nitrogens with zero attached hydrogens (tertiary/aromatic N) is 1. The lowest BCUT2D eigenvalue weighted by molar-refractivity contribution is 0.626. The van der Waals surface area contributed by atoms with Crippen LogP contribution in [0, 0.1) is 5.82 Å². The van der Waals surface area contributed by atoms with Gasteiger partial charge >= 0.3 is 0 Å². The van der Waals surface area contributed by atoms with E-state index >= 15 is 0 Å². The summed E-state index contributed by atoms with van der Waals surface area (Å²) >= 11 is 2.90. The Bertz CT molecular complexity index is 425. The lowest BCUT2D eigenvalue weighted by atomic mass is 10.4. The predicted molar refractivity (Wildman–Crippen MR) is 57.0 cm³/mol. The zero-order chi connectivity index (χ0) is 9.97. The summed E-state index contributed by atoms with van der Waals surface area (Å²) in [6, 6.07) is 6.30. The summed E-state index contributed by atoms with van der Waals surface area (Å²) in [5.41, 5.74) is 5.54. The molecule has 1 aromatic heterocycles. The number of anilines is 1. The fourth-order valence-electron chi connectivity index (χ4n) is 0.920. The Kier molecular flexibility index (Phi) is 2.69. The van der Waals surface area contributed by atoms with E-state index in [4.69, 9.17) is 5.73 Å². The maximum absolute atomic E-state index is 12.6. The van der Waals surface area contributed by atoms with Crippen molar-refractivity contribution in [2.24, 2.45) is 0 Å². The molecule has 2 nitrogen and oxygen atoms in total. The summed E-state index contributed by atoms with van der Waals surface area (Å²) in [5.74, 6) is -0.229. The maximum atomic E-state index is 12.6. The third kappa shape index (κ3) is 2.24. The molecule has 2 aromatic rings. The van der Waals surface area contributed by atoms with Crippen molar-refractivity contribution in [3.05, 3.63) is 36.3 Å². The summed E-state index contributed by atoms with van der Waals surface area (Å²) in [6.07, 6.45) is 1.62. The van der Waals surface area contributed by atoms with Crippen LogP contribution in [0.4, 0.5) is 9.39 Å². The number of benzene rings is 1. The average Bonchev–Trinajstić information content (AvgIpc) is 2.56. The minimum Gasteiger partial charge on any atom is -0.389 e. The van der Waals surface area contributed by atoms with Crippen molar-refractivity contribution in [3.8, 4) is 0 Å². The Labute approximate surface area is 89.0 Å². The largest absolute Gasteiger partial charge is 0.389 e. The van der Waals surface area contributed by atoms with Crippen LogP contribution in [-0.2, 0) is 0 Å². The molecule has 0 unspecified atom stereocenters. The van der Waals surface area contributed by atoms with Crippen molar-refractivity contribution in [2.45, 2.75) is 9.24 Å². The van der Waals surface area contributed by atoms with Gasteiger partial charge in [-0.1, -0.05) is 23.1 Å². The van der Waals surface area contributed by atoms with Crippen LogP contribution in [0.2, 0.25) is 0 Å². The summed E-state index contributed by atoms with van der Waals surface area (Å²) < 4.78 is 13.5. The average molecular weight is 226 g/mol. The first kappa shape index (κ1) is 9.48. The van der Waals surface area contributed by atoms with Crippen molar-refractivity contribution in [1.82, 2.24) is 4.98 Å². The van der Waals surface area contributed by atoms with Crippen molar-refractivity contribution >= 4 is 28.1 Å². The van der Waals surface area contributed by atoms with Crippen molar-refractivity contribution in [3.63, 3.8) is 0 Å². The predicted octanol–water partition coefficient (Wildman–Crippen LogP) is 3.02. The van der Waals surface area contributed by atoms with Gasteiger partial charge < -0.3 is 5.73 Å². The van der Waals surface area contributed by atoms with E-state index in [2.05, 4.69) is 4.98 Å². The number of halogens is 1. The van der Waals surface area contributed by atoms with Gasteiger partial charge in [0.25, 0.3) is 0 Å². The molecule has 0 spiro atoms. The molecule has 0 saturated heterocycles. The molecule has 0 aliphatic heterocycles. The molecule has 72 valence electrons. The van der Waals surface area contributed by atoms with Crippen LogP contribution in [0.15, 0.2) is 39.7 Å². The zero-order valence-electron chi connectivity index (χ0n) is 7.11. The summed E-state index contributed by atoms with van der Waals surface area (Å²) in [6.45, 7) is 0. The Balaban J connectivity index is 2.15. The molecule has 0 aliphatic carbocycles. The van der Waals surface area contributed by atoms with Crippen molar-refractivity contribution in [2.75, 3.05) is 5.73 Å². The van der Waals surface area contributed by atoms with Crippen LogP contribution in [0.3, 0.4) is 0 Å². The van der Waals surface area contributed by atoms with E-state index in [1.807, 2.05) is 0 Å². The van der Waals surface area contributed by atoms with Gasteiger partial charge in [0.05, 0.1) is 6.20 Å². The Morgan fingerprint density at radius 2 is 2.00 bits per heavy atom. The van der Waals surface area contributed by atoms with Gasteiger partial charge in [-0.3, -0.25) is 0 Å². The van der Waals surface area contributed by atoms with Gasteiger partial charge in [-0.25, -0.2) is 9.37 Å². The summed E-state index contributed by atoms with van der Waals surface area (Å²) in [4.78, 5) is 5.06. The summed E-state index contributed by atoms with van der Waals surface area (Å²) in [7, 11) is 0. The standard InChI is InChI=1S/C9H7FN2S2/c10-6-1-3-7(4-2-6)13-9-12-5-8(11)14-9/h1-5H,11H2. The Hall–Kier alpha value is -1.07. The highest BCUT2D eigenvalue weighted by Crippen LogP contribution is 2.31. The molecule has 2 rings (SSSR count). The molecule has 1 heterocycles. The second-order valence-electron chi connectivity index (χ2n) is 2.58. The van der Waals surface area contributed by atoms with Crippen LogP contribution in [-0.4, -0.2) is 4.98 Å². The fourth-order valence-corrected chi connectivity index (χ4v) is 2.66. The molecular formula is C9H7FN2S2. The van der Waals surface area contributed by atoms with Crippen LogP contribution in [0.25, 0.3) is 0 Å². The fraction of sp³-hybridized carbons (Fsp3) is 0. The van der Waals surface area contributed by atoms with Gasteiger partial charge in [0.1, 0.15) is 10.8 Å². The number of hydrogen-bond acceptors (Lipinski definition) is 4. The molecule has 0 saturated carbocycles. The van der Waals surface area contributed by atoms with Gasteiger partial charge in [0.15, 0.2) is 4.34 Å². The molecule has 0 aliphatic rings. The SMILES string of the molecule is Nc1cnc(Sc2ccc(F)cc2)s1. The quantitative estimate of drug-likeness (QED) is 0.855. The second-order valence-corrected chi connectivity index (χ2v) is 4.97. The highest BCUT2D eigenvalue weighted by molar-refractivity contribution is 8.01. The van der Waals surface area contributed by atoms with Gasteiger partial charge in [-0.15, -0.1) is 0 Å². The van der Waals surface area contributed by atoms with Crippen LogP contribution < -0.4 is 5.73 Å². The minimum atomic E-state index is -0.229. The first-order valence-corrected chi connectivity index (χ1v) is 5.52. The third-order valence-corrected chi connectivity index (χ3v) is 3.43. The lowest BCUT2D eigenvalue weighted by Crippen LogP contribution is -1.73. The third-order valence-electron chi connectivity index (χ3n) is 1.52. The van der Waals surface area contributed by atoms with Crippen LogP contribution in [0.5, 0.6) is 0 Å². The molecule has 5 heteroatoms. The smallest absolute Gasteiger partial charge is 0.156 e. The topological polar surface area (TPSA) is 38.9 Å². The highest BCUT2D eigenvalue weighted by atomic mass is 32.2. The monoisotopic (exact) mass is 226 g/mol. The first-order chi connectivity index (χ1) is 6.74. The van der Waals surface area contributed by atoms with Gasteiger partial charge in [0, 0.05) is 4.90 Å². The normalized spacial score (nSPS) is 10.4. The van der Waals surface area contributed by atoms with E-state index in [0.29, 0.717) is 5.00 Å². The maximum Gasteiger partial charge on any atom is 0.156 e. The van der Waals surface area contributed by atoms with Crippen molar-refractivity contribution < 1.29 is 4.39 Å². The Morgan fingerprint density at radius 1 is 1.29 bits per heavy atom. The molecule has 0 fully saturated rings. The van der Waals surface area contributed by atoms with Crippen LogP contribution in [0.1, 0.15) is 0 Å². The number of aromatic nitrogens is 1. The van der Waals surface area contributed by atoms with E-state index in [-0.39, 0.29) is 5.82 Å². The highest BCUT2D eigenvalue weighted by Gasteiger charge is 2.01. The molecule has 0 radical (unpaired) electrons. The van der Waals surface area contributed by atoms with Gasteiger partial charge in [0.2, 0.25) is 0 Å². The van der Waals surface area contributed by atoms with E-state index in [1.54, 1.807) is 18.3 Å². The minimum absolute atomic E-state index is 0.229. The number of nitrogens with two attached hydrogens (primary N) is 1. The van der Waals surface area contributed by atoms with Crippen molar-refractivity contribution in [1.29, 1.82) is 0 Å². The molecule has 0 atom stereocenters. The number of thiazole rings is 1. The molecule has 14 heavy (non-hydrogen) atoms. The van der Waals surface area contributed by atoms with E-state index < -0.39 is 0 Å². The molecular weight excluding hydrogens is 219 g/mol. The number of rotatable bonds is 2. The molecule has 2 N–H and O–H groups in total. The van der Waals surface area contributed by atoms with Gasteiger partial charge in [-0.05, 0) is 24.3 Å². The first-order valence-electron chi connectivity index (χ1n) is 3.89. The van der Waals surface area contributed by atoms with E-state index in [0.717, 1.165) is 9.24 Å². The number of hydrogen-bond donors (Lipinski definition) is 1. The number of nitrogen functional groups attached to an aromatic ring is 1. The van der Waals surface area contributed by atoms with Gasteiger partial charge in [-0.2, -0.15) is 0 Å². The molecule has 1 aromatic carbocycles. The Morgan fingerprint density at radius 3 is 2.57 bits per heavy atom. The second kappa shape index (κ2) is 3.98. The molecule has 0 bridgehead atoms. The van der Waals surface area contributed by atoms with E-state index in [1.165, 1.54) is 35.2 Å². The molecule has 0 amide bonds. The van der Waals surface area contributed by atoms with E-state index in [9.17, 15) is 4.39 Å².